The SMILES string of the molecule is CC(=O)O[C@H]1[C@H](OC(C)=O)[C@@H](OP(=O)(OCc2ccccc2)OCc2ccccc2)O[C@@H](C)[C@H]1OC(C)=O. The Balaban J connectivity index is 1.90. The number of hydrogen-bond donors (Lipinski definition) is 0. The number of phosphoric ester groups is 1. The highest BCUT2D eigenvalue weighted by atomic mass is 31.2. The van der Waals surface area contributed by atoms with E-state index in [4.69, 9.17) is 32.5 Å². The fraction of sp³-hybridized carbons (Fsp3) is 0.423. The largest absolute Gasteiger partial charge is 0.477 e. The number of phosphoric acid groups is 1. The van der Waals surface area contributed by atoms with Crippen LogP contribution in [0.15, 0.2) is 60.7 Å². The summed E-state index contributed by atoms with van der Waals surface area (Å²) in [5, 5.41) is 0. The number of benzene rings is 2. The smallest absolute Gasteiger partial charge is 0.456 e. The van der Waals surface area contributed by atoms with Crippen LogP contribution in [-0.4, -0.2) is 48.6 Å². The zero-order chi connectivity index (χ0) is 27.7. The summed E-state index contributed by atoms with van der Waals surface area (Å²) in [7, 11) is -4.40. The molecule has 0 unspecified atom stereocenters. The van der Waals surface area contributed by atoms with Crippen molar-refractivity contribution in [1.29, 1.82) is 0 Å². The molecule has 0 radical (unpaired) electrons. The molecule has 0 bridgehead atoms. The molecule has 5 atom stereocenters. The molecule has 1 heterocycles. The molecule has 2 aromatic rings. The Morgan fingerprint density at radius 2 is 1.13 bits per heavy atom. The van der Waals surface area contributed by atoms with Gasteiger partial charge in [-0.05, 0) is 18.1 Å². The second-order valence-corrected chi connectivity index (χ2v) is 10.1. The Morgan fingerprint density at radius 1 is 0.711 bits per heavy atom. The van der Waals surface area contributed by atoms with Crippen LogP contribution in [0.4, 0.5) is 0 Å². The maximum absolute atomic E-state index is 13.9. The maximum Gasteiger partial charge on any atom is 0.477 e. The summed E-state index contributed by atoms with van der Waals surface area (Å²) in [5.74, 6) is -2.18. The van der Waals surface area contributed by atoms with E-state index in [2.05, 4.69) is 0 Å². The van der Waals surface area contributed by atoms with Crippen molar-refractivity contribution in [3.63, 3.8) is 0 Å². The molecule has 0 spiro atoms. The highest BCUT2D eigenvalue weighted by Crippen LogP contribution is 2.53. The molecule has 0 aliphatic carbocycles. The monoisotopic (exact) mass is 550 g/mol. The van der Waals surface area contributed by atoms with Crippen molar-refractivity contribution in [3.8, 4) is 0 Å². The first-order valence-electron chi connectivity index (χ1n) is 11.9. The molecule has 1 fully saturated rings. The molecule has 2 aromatic carbocycles. The van der Waals surface area contributed by atoms with Gasteiger partial charge in [0.05, 0.1) is 19.3 Å². The fourth-order valence-electron chi connectivity index (χ4n) is 3.74. The third-order valence-corrected chi connectivity index (χ3v) is 6.69. The standard InChI is InChI=1S/C26H31O11P/c1-17-23(34-18(2)27)24(35-19(3)28)25(36-20(4)29)26(33-17)37-38(30,31-15-21-11-7-5-8-12-21)32-16-22-13-9-6-10-14-22/h5-14,17,23-26H,15-16H2,1-4H3/t17-,23+,24+,25-,26+/m0/s1. The van der Waals surface area contributed by atoms with Crippen LogP contribution in [0.2, 0.25) is 0 Å². The summed E-state index contributed by atoms with van der Waals surface area (Å²) in [4.78, 5) is 35.6. The van der Waals surface area contributed by atoms with Gasteiger partial charge in [-0.1, -0.05) is 60.7 Å². The summed E-state index contributed by atoms with van der Waals surface area (Å²) < 4.78 is 52.7. The number of carbonyl (C=O) groups is 3. The topological polar surface area (TPSA) is 133 Å². The maximum atomic E-state index is 13.9. The van der Waals surface area contributed by atoms with Gasteiger partial charge in [0.15, 0.2) is 18.3 Å². The molecule has 1 saturated heterocycles. The zero-order valence-corrected chi connectivity index (χ0v) is 22.4. The Labute approximate surface area is 220 Å². The molecule has 38 heavy (non-hydrogen) atoms. The van der Waals surface area contributed by atoms with Crippen LogP contribution in [0.25, 0.3) is 0 Å². The van der Waals surface area contributed by atoms with Crippen LogP contribution in [0.1, 0.15) is 38.8 Å². The summed E-state index contributed by atoms with van der Waals surface area (Å²) >= 11 is 0. The molecule has 11 nitrogen and oxygen atoms in total. The number of carbonyl (C=O) groups excluding carboxylic acids is 3. The fourth-order valence-corrected chi connectivity index (χ4v) is 4.97. The quantitative estimate of drug-likeness (QED) is 0.228. The molecular weight excluding hydrogens is 519 g/mol. The molecule has 0 saturated carbocycles. The highest BCUT2D eigenvalue weighted by Gasteiger charge is 2.53. The number of esters is 3. The number of hydrogen-bond acceptors (Lipinski definition) is 11. The molecule has 206 valence electrons. The minimum Gasteiger partial charge on any atom is -0.456 e. The lowest BCUT2D eigenvalue weighted by molar-refractivity contribution is -0.284. The van der Waals surface area contributed by atoms with Crippen molar-refractivity contribution in [2.75, 3.05) is 0 Å². The van der Waals surface area contributed by atoms with Crippen LogP contribution in [0.5, 0.6) is 0 Å². The Kier molecular flexibility index (Phi) is 10.6. The van der Waals surface area contributed by atoms with Crippen LogP contribution in [0, 0.1) is 0 Å². The lowest BCUT2D eigenvalue weighted by Crippen LogP contribution is -2.61. The first kappa shape index (κ1) is 29.5. The minimum absolute atomic E-state index is 0.128. The normalized spacial score (nSPS) is 23.3. The van der Waals surface area contributed by atoms with E-state index >= 15 is 0 Å². The lowest BCUT2D eigenvalue weighted by atomic mass is 9.99. The molecule has 1 aliphatic rings. The Morgan fingerprint density at radius 3 is 1.58 bits per heavy atom. The van der Waals surface area contributed by atoms with Crippen molar-refractivity contribution in [3.05, 3.63) is 71.8 Å². The number of rotatable bonds is 11. The van der Waals surface area contributed by atoms with Crippen molar-refractivity contribution in [2.24, 2.45) is 0 Å². The minimum atomic E-state index is -4.40. The summed E-state index contributed by atoms with van der Waals surface area (Å²) in [6.07, 6.45) is -6.42. The van der Waals surface area contributed by atoms with E-state index in [0.29, 0.717) is 11.1 Å². The first-order chi connectivity index (χ1) is 18.1. The van der Waals surface area contributed by atoms with Crippen molar-refractivity contribution >= 4 is 25.7 Å². The third kappa shape index (κ3) is 8.75. The van der Waals surface area contributed by atoms with Gasteiger partial charge >= 0.3 is 25.7 Å². The second kappa shape index (κ2) is 13.6. The van der Waals surface area contributed by atoms with Gasteiger partial charge < -0.3 is 18.9 Å². The second-order valence-electron chi connectivity index (χ2n) is 8.50. The molecule has 0 amide bonds. The zero-order valence-electron chi connectivity index (χ0n) is 21.5. The van der Waals surface area contributed by atoms with E-state index in [0.717, 1.165) is 13.8 Å². The van der Waals surface area contributed by atoms with Crippen molar-refractivity contribution < 1.29 is 51.5 Å². The van der Waals surface area contributed by atoms with Crippen LogP contribution < -0.4 is 0 Å². The van der Waals surface area contributed by atoms with E-state index in [9.17, 15) is 18.9 Å². The summed E-state index contributed by atoms with van der Waals surface area (Å²) in [5.41, 5.74) is 1.39. The van der Waals surface area contributed by atoms with E-state index in [-0.39, 0.29) is 13.2 Å². The Bertz CT molecular complexity index is 1080. The molecule has 0 aromatic heterocycles. The van der Waals surface area contributed by atoms with Gasteiger partial charge in [-0.15, -0.1) is 0 Å². The predicted molar refractivity (Wildman–Crippen MR) is 132 cm³/mol. The predicted octanol–water partition coefficient (Wildman–Crippen LogP) is 4.08. The van der Waals surface area contributed by atoms with Gasteiger partial charge in [-0.25, -0.2) is 4.57 Å². The molecular formula is C26H31O11P. The van der Waals surface area contributed by atoms with Gasteiger partial charge in [0.1, 0.15) is 0 Å². The van der Waals surface area contributed by atoms with E-state index < -0.39 is 56.4 Å². The van der Waals surface area contributed by atoms with Crippen molar-refractivity contribution in [2.45, 2.75) is 71.6 Å². The number of ether oxygens (including phenoxy) is 4. The van der Waals surface area contributed by atoms with Crippen LogP contribution in [0.3, 0.4) is 0 Å². The average Bonchev–Trinajstić information content (AvgIpc) is 2.87. The first-order valence-corrected chi connectivity index (χ1v) is 13.3. The average molecular weight is 550 g/mol. The van der Waals surface area contributed by atoms with E-state index in [1.54, 1.807) is 48.5 Å². The molecule has 1 aliphatic heterocycles. The van der Waals surface area contributed by atoms with Crippen LogP contribution >= 0.6 is 7.82 Å². The van der Waals surface area contributed by atoms with Gasteiger partial charge in [-0.3, -0.25) is 28.0 Å². The van der Waals surface area contributed by atoms with Crippen LogP contribution in [-0.2, 0) is 64.7 Å². The van der Waals surface area contributed by atoms with Gasteiger partial charge in [0.25, 0.3) is 0 Å². The van der Waals surface area contributed by atoms with E-state index in [1.807, 2.05) is 12.1 Å². The lowest BCUT2D eigenvalue weighted by Gasteiger charge is -2.43. The molecule has 12 heteroatoms. The molecule has 3 rings (SSSR count). The third-order valence-electron chi connectivity index (χ3n) is 5.33. The van der Waals surface area contributed by atoms with Gasteiger partial charge in [0, 0.05) is 20.8 Å². The molecule has 0 N–H and O–H groups in total. The van der Waals surface area contributed by atoms with Gasteiger partial charge in [0.2, 0.25) is 6.29 Å². The summed E-state index contributed by atoms with van der Waals surface area (Å²) in [6, 6.07) is 17.9. The Hall–Kier alpha value is -3.08. The van der Waals surface area contributed by atoms with Crippen molar-refractivity contribution in [1.82, 2.24) is 0 Å². The summed E-state index contributed by atoms with van der Waals surface area (Å²) in [6.45, 7) is 4.71. The highest BCUT2D eigenvalue weighted by molar-refractivity contribution is 7.48. The van der Waals surface area contributed by atoms with E-state index in [1.165, 1.54) is 13.8 Å². The van der Waals surface area contributed by atoms with Gasteiger partial charge in [-0.2, -0.15) is 0 Å².